The Balaban J connectivity index is 1.53. The molecule has 116 valence electrons. The van der Waals surface area contributed by atoms with Crippen molar-refractivity contribution in [2.24, 2.45) is 23.2 Å². The zero-order valence-electron chi connectivity index (χ0n) is 13.1. The van der Waals surface area contributed by atoms with Crippen molar-refractivity contribution in [1.29, 1.82) is 0 Å². The van der Waals surface area contributed by atoms with Gasteiger partial charge >= 0.3 is 0 Å². The zero-order chi connectivity index (χ0) is 14.2. The van der Waals surface area contributed by atoms with Crippen molar-refractivity contribution in [3.8, 4) is 0 Å². The quantitative estimate of drug-likeness (QED) is 0.753. The Morgan fingerprint density at radius 2 is 1.70 bits per heavy atom. The smallest absolute Gasteiger partial charge is 0.0897 e. The number of ether oxygens (including phenoxy) is 1. The van der Waals surface area contributed by atoms with E-state index < -0.39 is 0 Å². The number of aliphatic hydroxyl groups is 1. The summed E-state index contributed by atoms with van der Waals surface area (Å²) in [6.45, 7) is 6.13. The molecule has 0 aliphatic heterocycles. The molecule has 2 unspecified atom stereocenters. The van der Waals surface area contributed by atoms with Crippen LogP contribution < -0.4 is 5.32 Å². The number of nitrogens with one attached hydrogen (secondary N) is 1. The molecule has 0 heterocycles. The molecule has 0 radical (unpaired) electrons. The topological polar surface area (TPSA) is 41.5 Å². The van der Waals surface area contributed by atoms with E-state index in [2.05, 4.69) is 12.2 Å². The Morgan fingerprint density at radius 3 is 2.20 bits per heavy atom. The Kier molecular flexibility index (Phi) is 4.40. The molecule has 4 rings (SSSR count). The second kappa shape index (κ2) is 5.94. The molecule has 3 heteroatoms. The molecular formula is C17H31NO2. The second-order valence-electron chi connectivity index (χ2n) is 7.72. The molecule has 3 nitrogen and oxygen atoms in total. The number of aliphatic hydroxyl groups excluding tert-OH is 1. The standard InChI is InChI=1S/C17H31NO2/c1-3-20-11-16(19)10-18-12(2)17-7-13-4-14(8-17)6-15(5-13)9-17/h12-16,18-19H,3-11H2,1-2H3. The van der Waals surface area contributed by atoms with Crippen LogP contribution in [0.5, 0.6) is 0 Å². The first-order valence-corrected chi connectivity index (χ1v) is 8.60. The first-order valence-electron chi connectivity index (χ1n) is 8.60. The minimum atomic E-state index is -0.369. The Labute approximate surface area is 123 Å². The lowest BCUT2D eigenvalue weighted by Gasteiger charge is -2.59. The van der Waals surface area contributed by atoms with E-state index in [1.807, 2.05) is 6.92 Å². The molecule has 0 amide bonds. The second-order valence-corrected chi connectivity index (χ2v) is 7.72. The zero-order valence-corrected chi connectivity index (χ0v) is 13.1. The summed E-state index contributed by atoms with van der Waals surface area (Å²) in [5, 5.41) is 13.5. The molecule has 0 aromatic heterocycles. The van der Waals surface area contributed by atoms with Crippen molar-refractivity contribution in [2.45, 2.75) is 64.5 Å². The predicted molar refractivity (Wildman–Crippen MR) is 80.6 cm³/mol. The number of rotatable bonds is 7. The molecule has 2 N–H and O–H groups in total. The third kappa shape index (κ3) is 2.90. The highest BCUT2D eigenvalue weighted by Gasteiger charge is 2.52. The first kappa shape index (κ1) is 14.8. The molecule has 20 heavy (non-hydrogen) atoms. The van der Waals surface area contributed by atoms with Crippen LogP contribution in [-0.4, -0.2) is 37.0 Å². The average molecular weight is 281 g/mol. The SMILES string of the molecule is CCOCC(O)CNC(C)C12CC3CC(CC(C3)C1)C2. The highest BCUT2D eigenvalue weighted by molar-refractivity contribution is 5.05. The molecule has 4 bridgehead atoms. The Hall–Kier alpha value is -0.120. The van der Waals surface area contributed by atoms with E-state index in [0.29, 0.717) is 31.2 Å². The van der Waals surface area contributed by atoms with Crippen LogP contribution in [0.2, 0.25) is 0 Å². The monoisotopic (exact) mass is 281 g/mol. The highest BCUT2D eigenvalue weighted by Crippen LogP contribution is 2.61. The van der Waals surface area contributed by atoms with Crippen molar-refractivity contribution >= 4 is 0 Å². The summed E-state index contributed by atoms with van der Waals surface area (Å²) in [4.78, 5) is 0. The van der Waals surface area contributed by atoms with E-state index in [1.165, 1.54) is 38.5 Å². The van der Waals surface area contributed by atoms with Crippen molar-refractivity contribution in [3.05, 3.63) is 0 Å². The fourth-order valence-electron chi connectivity index (χ4n) is 5.55. The van der Waals surface area contributed by atoms with Crippen LogP contribution in [0, 0.1) is 23.2 Å². The van der Waals surface area contributed by atoms with Gasteiger partial charge in [-0.2, -0.15) is 0 Å². The van der Waals surface area contributed by atoms with Crippen molar-refractivity contribution in [2.75, 3.05) is 19.8 Å². The molecule has 4 aliphatic carbocycles. The molecular weight excluding hydrogens is 250 g/mol. The van der Waals surface area contributed by atoms with Gasteiger partial charge in [0.25, 0.3) is 0 Å². The minimum Gasteiger partial charge on any atom is -0.389 e. The lowest BCUT2D eigenvalue weighted by atomic mass is 9.48. The summed E-state index contributed by atoms with van der Waals surface area (Å²) < 4.78 is 5.29. The lowest BCUT2D eigenvalue weighted by molar-refractivity contribution is -0.0725. The van der Waals surface area contributed by atoms with Crippen LogP contribution in [0.25, 0.3) is 0 Å². The van der Waals surface area contributed by atoms with E-state index in [0.717, 1.165) is 17.8 Å². The van der Waals surface area contributed by atoms with Crippen LogP contribution in [0.15, 0.2) is 0 Å². The van der Waals surface area contributed by atoms with Crippen LogP contribution in [0.4, 0.5) is 0 Å². The van der Waals surface area contributed by atoms with Gasteiger partial charge in [-0.25, -0.2) is 0 Å². The highest BCUT2D eigenvalue weighted by atomic mass is 16.5. The largest absolute Gasteiger partial charge is 0.389 e. The Morgan fingerprint density at radius 1 is 1.15 bits per heavy atom. The van der Waals surface area contributed by atoms with Crippen LogP contribution in [0.1, 0.15) is 52.4 Å². The van der Waals surface area contributed by atoms with Crippen LogP contribution in [-0.2, 0) is 4.74 Å². The molecule has 0 spiro atoms. The van der Waals surface area contributed by atoms with Gasteiger partial charge in [-0.1, -0.05) is 0 Å². The molecule has 0 aromatic carbocycles. The molecule has 4 aliphatic rings. The summed E-state index contributed by atoms with van der Waals surface area (Å²) in [7, 11) is 0. The van der Waals surface area contributed by atoms with Gasteiger partial charge in [-0.15, -0.1) is 0 Å². The summed E-state index contributed by atoms with van der Waals surface area (Å²) >= 11 is 0. The van der Waals surface area contributed by atoms with Crippen LogP contribution >= 0.6 is 0 Å². The van der Waals surface area contributed by atoms with E-state index in [1.54, 1.807) is 0 Å². The van der Waals surface area contributed by atoms with Gasteiger partial charge in [0.05, 0.1) is 12.7 Å². The molecule has 4 fully saturated rings. The summed E-state index contributed by atoms with van der Waals surface area (Å²) in [5.41, 5.74) is 0.528. The maximum Gasteiger partial charge on any atom is 0.0897 e. The number of hydrogen-bond acceptors (Lipinski definition) is 3. The predicted octanol–water partition coefficient (Wildman–Crippen LogP) is 2.58. The maximum atomic E-state index is 9.92. The molecule has 0 saturated heterocycles. The van der Waals surface area contributed by atoms with Gasteiger partial charge in [0.1, 0.15) is 0 Å². The normalized spacial score (nSPS) is 41.9. The van der Waals surface area contributed by atoms with Gasteiger partial charge in [0, 0.05) is 19.2 Å². The molecule has 2 atom stereocenters. The van der Waals surface area contributed by atoms with Gasteiger partial charge in [-0.05, 0) is 75.5 Å². The van der Waals surface area contributed by atoms with E-state index >= 15 is 0 Å². The van der Waals surface area contributed by atoms with Gasteiger partial charge in [0.2, 0.25) is 0 Å². The minimum absolute atomic E-state index is 0.369. The summed E-state index contributed by atoms with van der Waals surface area (Å²) in [6, 6.07) is 0.534. The molecule has 4 saturated carbocycles. The first-order chi connectivity index (χ1) is 9.61. The van der Waals surface area contributed by atoms with Crippen LogP contribution in [0.3, 0.4) is 0 Å². The van der Waals surface area contributed by atoms with Crippen molar-refractivity contribution in [1.82, 2.24) is 5.32 Å². The van der Waals surface area contributed by atoms with Gasteiger partial charge < -0.3 is 15.2 Å². The summed E-state index contributed by atoms with van der Waals surface area (Å²) in [6.07, 6.45) is 8.40. The van der Waals surface area contributed by atoms with Gasteiger partial charge in [-0.3, -0.25) is 0 Å². The fraction of sp³-hybridized carbons (Fsp3) is 1.00. The van der Waals surface area contributed by atoms with Crippen molar-refractivity contribution < 1.29 is 9.84 Å². The van der Waals surface area contributed by atoms with Gasteiger partial charge in [0.15, 0.2) is 0 Å². The third-order valence-corrected chi connectivity index (χ3v) is 6.18. The van der Waals surface area contributed by atoms with E-state index in [4.69, 9.17) is 4.74 Å². The fourth-order valence-corrected chi connectivity index (χ4v) is 5.55. The summed E-state index contributed by atoms with van der Waals surface area (Å²) in [5.74, 6) is 3.00. The van der Waals surface area contributed by atoms with E-state index in [-0.39, 0.29) is 6.10 Å². The van der Waals surface area contributed by atoms with E-state index in [9.17, 15) is 5.11 Å². The Bertz CT molecular complexity index is 296. The average Bonchev–Trinajstić information content (AvgIpc) is 2.41. The number of hydrogen-bond donors (Lipinski definition) is 2. The maximum absolute atomic E-state index is 9.92. The van der Waals surface area contributed by atoms with Crippen molar-refractivity contribution in [3.63, 3.8) is 0 Å². The molecule has 0 aromatic rings. The lowest BCUT2D eigenvalue weighted by Crippen LogP contribution is -2.55. The third-order valence-electron chi connectivity index (χ3n) is 6.18.